The topological polar surface area (TPSA) is 6.48 Å². The first-order valence-electron chi connectivity index (χ1n) is 9.28. The van der Waals surface area contributed by atoms with Gasteiger partial charge in [-0.05, 0) is 61.7 Å². The maximum atomic E-state index is 2.63. The van der Waals surface area contributed by atoms with Crippen molar-refractivity contribution in [2.75, 3.05) is 7.05 Å². The van der Waals surface area contributed by atoms with Gasteiger partial charge in [0.25, 0.3) is 0 Å². The summed E-state index contributed by atoms with van der Waals surface area (Å²) in [4.78, 5) is 5.11. The Bertz CT molecular complexity index is 601. The third-order valence-electron chi connectivity index (χ3n) is 5.65. The summed E-state index contributed by atoms with van der Waals surface area (Å²) >= 11 is 0. The molecule has 0 spiro atoms. The molecule has 0 amide bonds. The molecule has 0 saturated heterocycles. The smallest absolute Gasteiger partial charge is 0.103 e. The van der Waals surface area contributed by atoms with E-state index in [1.807, 2.05) is 0 Å². The molecule has 3 aliphatic rings. The van der Waals surface area contributed by atoms with Gasteiger partial charge in [-0.2, -0.15) is 0 Å². The lowest BCUT2D eigenvalue weighted by atomic mass is 9.83. The van der Waals surface area contributed by atoms with Crippen LogP contribution in [0.5, 0.6) is 0 Å². The van der Waals surface area contributed by atoms with Crippen LogP contribution in [0, 0.1) is 11.8 Å². The molecule has 0 saturated carbocycles. The van der Waals surface area contributed by atoms with Gasteiger partial charge < -0.3 is 9.80 Å². The van der Waals surface area contributed by atoms with Crippen molar-refractivity contribution in [2.24, 2.45) is 11.8 Å². The molecule has 1 aliphatic heterocycles. The summed E-state index contributed by atoms with van der Waals surface area (Å²) in [6.07, 6.45) is 12.4. The van der Waals surface area contributed by atoms with Crippen LogP contribution in [-0.2, 0) is 0 Å². The summed E-state index contributed by atoms with van der Waals surface area (Å²) in [5, 5.41) is 0. The largest absolute Gasteiger partial charge is 0.356 e. The molecule has 0 radical (unpaired) electrons. The molecule has 0 aromatic heterocycles. The number of nitrogens with zero attached hydrogens (tertiary/aromatic N) is 2. The minimum atomic E-state index is 0.409. The third kappa shape index (κ3) is 2.66. The van der Waals surface area contributed by atoms with Crippen molar-refractivity contribution in [1.82, 2.24) is 9.80 Å². The summed E-state index contributed by atoms with van der Waals surface area (Å²) in [5.41, 5.74) is 7.67. The van der Waals surface area contributed by atoms with Crippen LogP contribution in [0.3, 0.4) is 0 Å². The molecule has 2 heteroatoms. The van der Waals surface area contributed by atoms with E-state index in [9.17, 15) is 0 Å². The highest BCUT2D eigenvalue weighted by atomic mass is 15.4. The summed E-state index contributed by atoms with van der Waals surface area (Å²) in [6.45, 7) is 11.7. The normalized spacial score (nSPS) is 25.0. The average molecular weight is 313 g/mol. The molecule has 0 N–H and O–H groups in total. The van der Waals surface area contributed by atoms with E-state index in [4.69, 9.17) is 0 Å². The Morgan fingerprint density at radius 2 is 1.78 bits per heavy atom. The van der Waals surface area contributed by atoms with Gasteiger partial charge >= 0.3 is 0 Å². The minimum Gasteiger partial charge on any atom is -0.356 e. The highest BCUT2D eigenvalue weighted by Crippen LogP contribution is 2.44. The molecule has 2 nitrogen and oxygen atoms in total. The first-order valence-corrected chi connectivity index (χ1v) is 9.28. The van der Waals surface area contributed by atoms with Crippen molar-refractivity contribution in [2.45, 2.75) is 66.5 Å². The zero-order valence-electron chi connectivity index (χ0n) is 15.7. The maximum absolute atomic E-state index is 2.63. The lowest BCUT2D eigenvalue weighted by Crippen LogP contribution is -2.37. The van der Waals surface area contributed by atoms with Gasteiger partial charge in [-0.3, -0.25) is 0 Å². The molecule has 23 heavy (non-hydrogen) atoms. The second kappa shape index (κ2) is 6.22. The number of allylic oxidation sites excluding steroid dienone is 6. The van der Waals surface area contributed by atoms with Crippen molar-refractivity contribution < 1.29 is 0 Å². The van der Waals surface area contributed by atoms with E-state index < -0.39 is 0 Å². The summed E-state index contributed by atoms with van der Waals surface area (Å²) < 4.78 is 0. The Morgan fingerprint density at radius 3 is 2.43 bits per heavy atom. The van der Waals surface area contributed by atoms with Crippen LogP contribution >= 0.6 is 0 Å². The first kappa shape index (κ1) is 16.4. The lowest BCUT2D eigenvalue weighted by Gasteiger charge is -2.38. The Labute approximate surface area is 142 Å². The minimum absolute atomic E-state index is 0.409. The monoisotopic (exact) mass is 312 g/mol. The Kier molecular flexibility index (Phi) is 4.44. The zero-order chi connectivity index (χ0) is 16.7. The molecule has 1 heterocycles. The quantitative estimate of drug-likeness (QED) is 0.686. The molecule has 1 atom stereocenters. The van der Waals surface area contributed by atoms with Crippen LogP contribution < -0.4 is 0 Å². The van der Waals surface area contributed by atoms with Crippen molar-refractivity contribution in [3.05, 3.63) is 46.5 Å². The van der Waals surface area contributed by atoms with Crippen molar-refractivity contribution >= 4 is 0 Å². The van der Waals surface area contributed by atoms with Gasteiger partial charge in [-0.25, -0.2) is 0 Å². The predicted octanol–water partition coefficient (Wildman–Crippen LogP) is 5.43. The van der Waals surface area contributed by atoms with E-state index in [-0.39, 0.29) is 0 Å². The third-order valence-corrected chi connectivity index (χ3v) is 5.65. The summed E-state index contributed by atoms with van der Waals surface area (Å²) in [6, 6.07) is 0. The average Bonchev–Trinajstić information content (AvgIpc) is 2.78. The molecule has 126 valence electrons. The first-order chi connectivity index (χ1) is 10.9. The van der Waals surface area contributed by atoms with E-state index in [1.54, 1.807) is 11.1 Å². The van der Waals surface area contributed by atoms with Gasteiger partial charge in [-0.15, -0.1) is 0 Å². The van der Waals surface area contributed by atoms with Gasteiger partial charge in [0.2, 0.25) is 0 Å². The SMILES string of the molecule is CC(C)C1=CCCC(C(C)C)=C1N1C2=C(CCC=C2)N(C)C1C. The Morgan fingerprint density at radius 1 is 1.04 bits per heavy atom. The molecule has 0 aromatic carbocycles. The van der Waals surface area contributed by atoms with Crippen LogP contribution in [0.1, 0.15) is 60.3 Å². The summed E-state index contributed by atoms with van der Waals surface area (Å²) in [5.74, 6) is 1.19. The molecule has 0 aromatic rings. The molecule has 2 aliphatic carbocycles. The molecule has 0 bridgehead atoms. The van der Waals surface area contributed by atoms with Crippen molar-refractivity contribution in [3.8, 4) is 0 Å². The van der Waals surface area contributed by atoms with Crippen molar-refractivity contribution in [1.29, 1.82) is 0 Å². The summed E-state index contributed by atoms with van der Waals surface area (Å²) in [7, 11) is 2.26. The predicted molar refractivity (Wildman–Crippen MR) is 98.5 cm³/mol. The molecule has 3 rings (SSSR count). The van der Waals surface area contributed by atoms with Crippen molar-refractivity contribution in [3.63, 3.8) is 0 Å². The van der Waals surface area contributed by atoms with Crippen LogP contribution in [0.4, 0.5) is 0 Å². The van der Waals surface area contributed by atoms with Crippen LogP contribution in [0.15, 0.2) is 46.5 Å². The standard InChI is InChI=1S/C21H32N2/c1-14(2)17-10-9-11-18(15(3)4)21(17)23-16(5)22(6)19-12-7-8-13-20(19)23/h8,10,13-16H,7,9,11-12H2,1-6H3. The molecule has 1 unspecified atom stereocenters. The van der Waals surface area contributed by atoms with E-state index in [0.717, 1.165) is 0 Å². The second-order valence-electron chi connectivity index (χ2n) is 7.77. The second-order valence-corrected chi connectivity index (χ2v) is 7.77. The van der Waals surface area contributed by atoms with Gasteiger partial charge in [0.05, 0.1) is 5.70 Å². The number of hydrogen-bond acceptors (Lipinski definition) is 2. The van der Waals surface area contributed by atoms with Gasteiger partial charge in [0.1, 0.15) is 6.17 Å². The van der Waals surface area contributed by atoms with Gasteiger partial charge in [-0.1, -0.05) is 39.8 Å². The molecule has 0 fully saturated rings. The van der Waals surface area contributed by atoms with E-state index in [2.05, 4.69) is 69.7 Å². The fraction of sp³-hybridized carbons (Fsp3) is 0.619. The highest BCUT2D eigenvalue weighted by molar-refractivity contribution is 5.46. The van der Waals surface area contributed by atoms with E-state index in [1.165, 1.54) is 42.8 Å². The van der Waals surface area contributed by atoms with Crippen LogP contribution in [0.25, 0.3) is 0 Å². The van der Waals surface area contributed by atoms with Crippen LogP contribution in [-0.4, -0.2) is 23.0 Å². The van der Waals surface area contributed by atoms with Gasteiger partial charge in [0.15, 0.2) is 0 Å². The zero-order valence-corrected chi connectivity index (χ0v) is 15.7. The fourth-order valence-electron chi connectivity index (χ4n) is 4.27. The molecular weight excluding hydrogens is 280 g/mol. The number of hydrogen-bond donors (Lipinski definition) is 0. The lowest BCUT2D eigenvalue weighted by molar-refractivity contribution is 0.212. The Hall–Kier alpha value is -1.44. The van der Waals surface area contributed by atoms with Gasteiger partial charge in [0, 0.05) is 18.4 Å². The van der Waals surface area contributed by atoms with E-state index in [0.29, 0.717) is 18.0 Å². The number of rotatable bonds is 3. The molecular formula is C21H32N2. The van der Waals surface area contributed by atoms with E-state index >= 15 is 0 Å². The highest BCUT2D eigenvalue weighted by Gasteiger charge is 2.37. The fourth-order valence-corrected chi connectivity index (χ4v) is 4.27. The van der Waals surface area contributed by atoms with Crippen LogP contribution in [0.2, 0.25) is 0 Å². The Balaban J connectivity index is 2.14. The maximum Gasteiger partial charge on any atom is 0.103 e.